The minimum absolute atomic E-state index is 0.237. The molecule has 32 heavy (non-hydrogen) atoms. The predicted octanol–water partition coefficient (Wildman–Crippen LogP) is 3.52. The number of alkyl halides is 3. The maximum absolute atomic E-state index is 13.0. The van der Waals surface area contributed by atoms with Crippen LogP contribution in [0.4, 0.5) is 17.6 Å². The lowest BCUT2D eigenvalue weighted by atomic mass is 9.96. The second-order valence-corrected chi connectivity index (χ2v) is 8.29. The smallest absolute Gasteiger partial charge is 0.370 e. The van der Waals surface area contributed by atoms with E-state index in [9.17, 15) is 22.4 Å². The van der Waals surface area contributed by atoms with E-state index in [1.54, 1.807) is 18.2 Å². The summed E-state index contributed by atoms with van der Waals surface area (Å²) in [6.45, 7) is 2.31. The number of amides is 1. The molecule has 2 heterocycles. The van der Waals surface area contributed by atoms with E-state index < -0.39 is 23.4 Å². The summed E-state index contributed by atoms with van der Waals surface area (Å²) in [5.41, 5.74) is 0.00990. The number of carbonyl (C=O) groups is 1. The third-order valence-corrected chi connectivity index (χ3v) is 5.77. The van der Waals surface area contributed by atoms with Crippen LogP contribution < -0.4 is 5.32 Å². The number of carbonyl (C=O) groups excluding carboxylic acids is 1. The molecule has 0 saturated carbocycles. The zero-order valence-electron chi connectivity index (χ0n) is 17.3. The van der Waals surface area contributed by atoms with Gasteiger partial charge in [-0.05, 0) is 29.3 Å². The monoisotopic (exact) mass is 452 g/mol. The molecule has 2 aliphatic heterocycles. The van der Waals surface area contributed by atoms with Crippen molar-refractivity contribution in [3.63, 3.8) is 0 Å². The van der Waals surface area contributed by atoms with Crippen LogP contribution in [0, 0.1) is 5.82 Å². The highest BCUT2D eigenvalue weighted by molar-refractivity contribution is 5.81. The Labute approximate surface area is 183 Å². The van der Waals surface area contributed by atoms with Crippen LogP contribution in [0.3, 0.4) is 0 Å². The van der Waals surface area contributed by atoms with Crippen molar-refractivity contribution in [3.05, 3.63) is 71.0 Å². The molecule has 0 aromatic heterocycles. The van der Waals surface area contributed by atoms with Gasteiger partial charge in [-0.15, -0.1) is 0 Å². The SMILES string of the molecule is O=C(NCc1ccc(F)cc1)C1CC2(CO1)CN(Cc1cccc(C(F)(F)F)c1)CCO2. The Hall–Kier alpha value is -2.49. The zero-order valence-corrected chi connectivity index (χ0v) is 17.3. The van der Waals surface area contributed by atoms with Crippen LogP contribution in [0.1, 0.15) is 23.1 Å². The molecule has 0 radical (unpaired) electrons. The van der Waals surface area contributed by atoms with E-state index in [4.69, 9.17) is 9.47 Å². The van der Waals surface area contributed by atoms with Crippen LogP contribution in [-0.2, 0) is 33.5 Å². The van der Waals surface area contributed by atoms with Gasteiger partial charge in [0.25, 0.3) is 0 Å². The predicted molar refractivity (Wildman–Crippen MR) is 108 cm³/mol. The highest BCUT2D eigenvalue weighted by Crippen LogP contribution is 2.33. The molecular weight excluding hydrogens is 428 g/mol. The van der Waals surface area contributed by atoms with Gasteiger partial charge in [0.15, 0.2) is 0 Å². The maximum atomic E-state index is 13.0. The number of hydrogen-bond acceptors (Lipinski definition) is 4. The molecule has 2 fully saturated rings. The normalized spacial score (nSPS) is 24.1. The summed E-state index contributed by atoms with van der Waals surface area (Å²) < 4.78 is 63.6. The van der Waals surface area contributed by atoms with Crippen molar-refractivity contribution in [1.29, 1.82) is 0 Å². The van der Waals surface area contributed by atoms with Gasteiger partial charge in [-0.1, -0.05) is 30.3 Å². The third kappa shape index (κ3) is 5.46. The molecular formula is C23H24F4N2O3. The highest BCUT2D eigenvalue weighted by atomic mass is 19.4. The summed E-state index contributed by atoms with van der Waals surface area (Å²) >= 11 is 0. The number of ether oxygens (including phenoxy) is 2. The summed E-state index contributed by atoms with van der Waals surface area (Å²) in [6.07, 6.45) is -4.69. The molecule has 1 amide bonds. The Morgan fingerprint density at radius 3 is 2.69 bits per heavy atom. The first-order valence-corrected chi connectivity index (χ1v) is 10.4. The second-order valence-electron chi connectivity index (χ2n) is 8.29. The number of benzene rings is 2. The van der Waals surface area contributed by atoms with Crippen LogP contribution in [0.25, 0.3) is 0 Å². The standard InChI is InChI=1S/C23H24F4N2O3/c24-19-6-4-16(5-7-19)12-28-21(30)20-11-22(15-31-20)14-29(8-9-32-22)13-17-2-1-3-18(10-17)23(25,26)27/h1-7,10,20H,8-9,11-15H2,(H,28,30). The van der Waals surface area contributed by atoms with Gasteiger partial charge in [-0.3, -0.25) is 9.69 Å². The minimum Gasteiger partial charge on any atom is -0.370 e. The quantitative estimate of drug-likeness (QED) is 0.706. The zero-order chi connectivity index (χ0) is 22.8. The van der Waals surface area contributed by atoms with Crippen LogP contribution in [0.2, 0.25) is 0 Å². The number of rotatable bonds is 5. The van der Waals surface area contributed by atoms with Crippen LogP contribution >= 0.6 is 0 Å². The average Bonchev–Trinajstić information content (AvgIpc) is 3.16. The van der Waals surface area contributed by atoms with Gasteiger partial charge < -0.3 is 14.8 Å². The van der Waals surface area contributed by atoms with E-state index in [-0.39, 0.29) is 24.9 Å². The fraction of sp³-hybridized carbons (Fsp3) is 0.435. The first kappa shape index (κ1) is 22.7. The number of nitrogens with zero attached hydrogens (tertiary/aromatic N) is 1. The minimum atomic E-state index is -4.38. The van der Waals surface area contributed by atoms with Crippen molar-refractivity contribution in [3.8, 4) is 0 Å². The van der Waals surface area contributed by atoms with Crippen molar-refractivity contribution in [1.82, 2.24) is 10.2 Å². The average molecular weight is 452 g/mol. The largest absolute Gasteiger partial charge is 0.416 e. The van der Waals surface area contributed by atoms with E-state index in [2.05, 4.69) is 5.32 Å². The summed E-state index contributed by atoms with van der Waals surface area (Å²) in [7, 11) is 0. The van der Waals surface area contributed by atoms with Crippen LogP contribution in [0.15, 0.2) is 48.5 Å². The van der Waals surface area contributed by atoms with E-state index in [0.29, 0.717) is 38.2 Å². The fourth-order valence-corrected chi connectivity index (χ4v) is 4.16. The first-order chi connectivity index (χ1) is 15.2. The van der Waals surface area contributed by atoms with Gasteiger partial charge in [0.05, 0.1) is 18.8 Å². The Morgan fingerprint density at radius 1 is 1.16 bits per heavy atom. The van der Waals surface area contributed by atoms with Crippen LogP contribution in [0.5, 0.6) is 0 Å². The Balaban J connectivity index is 1.33. The molecule has 2 aromatic carbocycles. The van der Waals surface area contributed by atoms with Crippen molar-refractivity contribution in [2.45, 2.75) is 37.4 Å². The number of hydrogen-bond donors (Lipinski definition) is 1. The fourth-order valence-electron chi connectivity index (χ4n) is 4.16. The van der Waals surface area contributed by atoms with Gasteiger partial charge in [-0.25, -0.2) is 4.39 Å². The number of morpholine rings is 1. The van der Waals surface area contributed by atoms with Crippen molar-refractivity contribution < 1.29 is 31.8 Å². The molecule has 1 spiro atoms. The topological polar surface area (TPSA) is 50.8 Å². The molecule has 2 atom stereocenters. The lowest BCUT2D eigenvalue weighted by Gasteiger charge is -2.39. The van der Waals surface area contributed by atoms with E-state index in [1.165, 1.54) is 24.3 Å². The molecule has 2 saturated heterocycles. The first-order valence-electron chi connectivity index (χ1n) is 10.4. The molecule has 1 N–H and O–H groups in total. The molecule has 2 unspecified atom stereocenters. The van der Waals surface area contributed by atoms with Gasteiger partial charge in [0.2, 0.25) is 5.91 Å². The molecule has 172 valence electrons. The maximum Gasteiger partial charge on any atom is 0.416 e. The summed E-state index contributed by atoms with van der Waals surface area (Å²) in [6, 6.07) is 11.2. The Bertz CT molecular complexity index is 951. The molecule has 5 nitrogen and oxygen atoms in total. The van der Waals surface area contributed by atoms with E-state index >= 15 is 0 Å². The third-order valence-electron chi connectivity index (χ3n) is 5.77. The number of halogens is 4. The lowest BCUT2D eigenvalue weighted by Crippen LogP contribution is -2.52. The Kier molecular flexibility index (Phi) is 6.50. The summed E-state index contributed by atoms with van der Waals surface area (Å²) in [5, 5.41) is 2.79. The molecule has 9 heteroatoms. The van der Waals surface area contributed by atoms with Crippen molar-refractivity contribution in [2.24, 2.45) is 0 Å². The van der Waals surface area contributed by atoms with Gasteiger partial charge >= 0.3 is 6.18 Å². The molecule has 2 aromatic rings. The molecule has 2 aliphatic rings. The van der Waals surface area contributed by atoms with Crippen molar-refractivity contribution >= 4 is 5.91 Å². The summed E-state index contributed by atoms with van der Waals surface area (Å²) in [5.74, 6) is -0.616. The van der Waals surface area contributed by atoms with E-state index in [0.717, 1.165) is 11.6 Å². The van der Waals surface area contributed by atoms with Crippen molar-refractivity contribution in [2.75, 3.05) is 26.3 Å². The summed E-state index contributed by atoms with van der Waals surface area (Å²) in [4.78, 5) is 14.6. The number of nitrogens with one attached hydrogen (secondary N) is 1. The molecule has 4 rings (SSSR count). The molecule has 0 aliphatic carbocycles. The van der Waals surface area contributed by atoms with Gasteiger partial charge in [0, 0.05) is 32.6 Å². The van der Waals surface area contributed by atoms with Crippen LogP contribution in [-0.4, -0.2) is 48.8 Å². The molecule has 0 bridgehead atoms. The lowest BCUT2D eigenvalue weighted by molar-refractivity contribution is -0.137. The van der Waals surface area contributed by atoms with Gasteiger partial charge in [0.1, 0.15) is 17.5 Å². The van der Waals surface area contributed by atoms with E-state index in [1.807, 2.05) is 4.90 Å². The second kappa shape index (κ2) is 9.17. The van der Waals surface area contributed by atoms with Gasteiger partial charge in [-0.2, -0.15) is 13.2 Å². The Morgan fingerprint density at radius 2 is 1.94 bits per heavy atom. The highest BCUT2D eigenvalue weighted by Gasteiger charge is 2.46.